The molecule has 0 aliphatic rings. The Morgan fingerprint density at radius 1 is 1.21 bits per heavy atom. The molecule has 0 saturated carbocycles. The van der Waals surface area contributed by atoms with Crippen molar-refractivity contribution in [2.75, 3.05) is 20.6 Å². The summed E-state index contributed by atoms with van der Waals surface area (Å²) in [6.07, 6.45) is 1.22. The van der Waals surface area contributed by atoms with Gasteiger partial charge in [0.15, 0.2) is 5.65 Å². The third kappa shape index (κ3) is 4.29. The first-order valence-corrected chi connectivity index (χ1v) is 10.7. The van der Waals surface area contributed by atoms with Gasteiger partial charge in [-0.2, -0.15) is 5.10 Å². The summed E-state index contributed by atoms with van der Waals surface area (Å²) in [7, 11) is 0.0531. The number of hydrogen-bond donors (Lipinski definition) is 0. The van der Waals surface area contributed by atoms with Crippen molar-refractivity contribution >= 4 is 27.9 Å². The van der Waals surface area contributed by atoms with Gasteiger partial charge < -0.3 is 4.90 Å². The first-order valence-electron chi connectivity index (χ1n) is 9.19. The normalized spacial score (nSPS) is 11.8. The van der Waals surface area contributed by atoms with Crippen LogP contribution in [0.4, 0.5) is 4.39 Å². The first-order chi connectivity index (χ1) is 13.2. The third-order valence-corrected chi connectivity index (χ3v) is 6.70. The molecule has 0 N–H and O–H groups in total. The van der Waals surface area contributed by atoms with Gasteiger partial charge in [-0.3, -0.25) is 0 Å². The highest BCUT2D eigenvalue weighted by molar-refractivity contribution is 7.91. The lowest BCUT2D eigenvalue weighted by atomic mass is 10.1. The quantitative estimate of drug-likeness (QED) is 0.587. The van der Waals surface area contributed by atoms with Gasteiger partial charge in [0.2, 0.25) is 9.84 Å². The summed E-state index contributed by atoms with van der Waals surface area (Å²) in [5.74, 6) is -0.595. The summed E-state index contributed by atoms with van der Waals surface area (Å²) in [6, 6.07) is 5.04. The molecule has 6 nitrogen and oxygen atoms in total. The molecule has 0 fully saturated rings. The number of fused-ring (bicyclic) bond motifs is 1. The van der Waals surface area contributed by atoms with E-state index in [1.54, 1.807) is 4.52 Å². The molecule has 1 aromatic carbocycles. The maximum absolute atomic E-state index is 13.7. The van der Waals surface area contributed by atoms with Crippen LogP contribution in [-0.2, 0) is 22.7 Å². The van der Waals surface area contributed by atoms with Crippen molar-refractivity contribution in [3.8, 4) is 0 Å². The van der Waals surface area contributed by atoms with Gasteiger partial charge >= 0.3 is 0 Å². The minimum atomic E-state index is -3.95. The molecular formula is C20H26ClFN4O2S. The Kier molecular flexibility index (Phi) is 7.03. The van der Waals surface area contributed by atoms with Crippen molar-refractivity contribution in [3.63, 3.8) is 0 Å². The minimum absolute atomic E-state index is 0. The van der Waals surface area contributed by atoms with Gasteiger partial charge in [0.05, 0.1) is 10.6 Å². The summed E-state index contributed by atoms with van der Waals surface area (Å²) >= 11 is 0. The Labute approximate surface area is 177 Å². The smallest absolute Gasteiger partial charge is 0.212 e. The van der Waals surface area contributed by atoms with E-state index in [9.17, 15) is 12.8 Å². The zero-order valence-electron chi connectivity index (χ0n) is 17.2. The van der Waals surface area contributed by atoms with Crippen LogP contribution in [0.5, 0.6) is 0 Å². The second kappa shape index (κ2) is 8.77. The monoisotopic (exact) mass is 440 g/mol. The Hall–Kier alpha value is -2.03. The predicted octanol–water partition coefficient (Wildman–Crippen LogP) is 3.41. The average Bonchev–Trinajstić information content (AvgIpc) is 3.00. The first kappa shape index (κ1) is 23.3. The lowest BCUT2D eigenvalue weighted by Crippen LogP contribution is -2.17. The van der Waals surface area contributed by atoms with E-state index in [2.05, 4.69) is 15.0 Å². The minimum Gasteiger partial charge on any atom is -0.309 e. The number of aryl methyl sites for hydroxylation is 3. The average molecular weight is 441 g/mol. The fraction of sp³-hybridized carbons (Fsp3) is 0.400. The number of nitrogens with zero attached hydrogens (tertiary/aromatic N) is 4. The molecule has 0 bridgehead atoms. The number of hydrogen-bond acceptors (Lipinski definition) is 5. The Bertz CT molecular complexity index is 1140. The van der Waals surface area contributed by atoms with Crippen LogP contribution >= 0.6 is 12.4 Å². The molecule has 0 radical (unpaired) electrons. The molecular weight excluding hydrogens is 415 g/mol. The number of aromatic nitrogens is 3. The van der Waals surface area contributed by atoms with E-state index in [1.807, 2.05) is 34.9 Å². The fourth-order valence-corrected chi connectivity index (χ4v) is 4.97. The van der Waals surface area contributed by atoms with E-state index in [-0.39, 0.29) is 22.2 Å². The molecule has 0 aliphatic heterocycles. The van der Waals surface area contributed by atoms with Crippen molar-refractivity contribution in [3.05, 3.63) is 52.7 Å². The number of benzene rings is 1. The van der Waals surface area contributed by atoms with Gasteiger partial charge in [0.25, 0.3) is 0 Å². The molecule has 0 amide bonds. The Morgan fingerprint density at radius 2 is 1.90 bits per heavy atom. The lowest BCUT2D eigenvalue weighted by molar-refractivity contribution is 0.412. The highest BCUT2D eigenvalue weighted by Gasteiger charge is 2.29. The molecule has 2 heterocycles. The van der Waals surface area contributed by atoms with Gasteiger partial charge in [-0.15, -0.1) is 12.4 Å². The van der Waals surface area contributed by atoms with Gasteiger partial charge in [-0.25, -0.2) is 22.3 Å². The van der Waals surface area contributed by atoms with Gasteiger partial charge in [-0.1, -0.05) is 13.0 Å². The molecule has 0 saturated heterocycles. The summed E-state index contributed by atoms with van der Waals surface area (Å²) in [6.45, 7) is 6.51. The molecule has 0 spiro atoms. The topological polar surface area (TPSA) is 67.6 Å². The van der Waals surface area contributed by atoms with Gasteiger partial charge in [-0.05, 0) is 64.5 Å². The molecule has 2 aromatic heterocycles. The largest absolute Gasteiger partial charge is 0.309 e. The second-order valence-electron chi connectivity index (χ2n) is 7.14. The Balaban J connectivity index is 0.00000300. The molecule has 0 atom stereocenters. The van der Waals surface area contributed by atoms with E-state index in [0.29, 0.717) is 17.8 Å². The maximum atomic E-state index is 13.7. The summed E-state index contributed by atoms with van der Waals surface area (Å²) in [5.41, 5.74) is 3.44. The molecule has 158 valence electrons. The zero-order valence-corrected chi connectivity index (χ0v) is 18.9. The van der Waals surface area contributed by atoms with Crippen LogP contribution in [0.1, 0.15) is 29.6 Å². The third-order valence-electron chi connectivity index (χ3n) is 4.87. The van der Waals surface area contributed by atoms with Gasteiger partial charge in [0.1, 0.15) is 10.7 Å². The highest BCUT2D eigenvalue weighted by atomic mass is 35.5. The van der Waals surface area contributed by atoms with Crippen molar-refractivity contribution in [2.45, 2.75) is 43.4 Å². The van der Waals surface area contributed by atoms with Crippen LogP contribution in [0.2, 0.25) is 0 Å². The predicted molar refractivity (Wildman–Crippen MR) is 113 cm³/mol. The fourth-order valence-electron chi connectivity index (χ4n) is 3.34. The van der Waals surface area contributed by atoms with E-state index in [1.165, 1.54) is 18.2 Å². The SMILES string of the molecule is CCc1nn2c(C)c(CCN(C)C)c(C)nc2c1S(=O)(=O)c1cccc(F)c1.Cl. The van der Waals surface area contributed by atoms with Crippen LogP contribution < -0.4 is 0 Å². The van der Waals surface area contributed by atoms with Gasteiger partial charge in [0, 0.05) is 17.9 Å². The van der Waals surface area contributed by atoms with Crippen LogP contribution in [0.15, 0.2) is 34.1 Å². The van der Waals surface area contributed by atoms with E-state index in [0.717, 1.165) is 36.0 Å². The van der Waals surface area contributed by atoms with Crippen molar-refractivity contribution < 1.29 is 12.8 Å². The molecule has 0 unspecified atom stereocenters. The number of halogens is 2. The molecule has 0 aliphatic carbocycles. The van der Waals surface area contributed by atoms with Crippen molar-refractivity contribution in [1.82, 2.24) is 19.5 Å². The van der Waals surface area contributed by atoms with Crippen LogP contribution in [-0.4, -0.2) is 48.6 Å². The highest BCUT2D eigenvalue weighted by Crippen LogP contribution is 2.30. The number of sulfone groups is 1. The second-order valence-corrected chi connectivity index (χ2v) is 9.03. The van der Waals surface area contributed by atoms with E-state index >= 15 is 0 Å². The molecule has 29 heavy (non-hydrogen) atoms. The summed E-state index contributed by atoms with van der Waals surface area (Å²) in [4.78, 5) is 6.66. The maximum Gasteiger partial charge on any atom is 0.212 e. The number of likely N-dealkylation sites (N-methyl/N-ethyl adjacent to an activating group) is 1. The lowest BCUT2D eigenvalue weighted by Gasteiger charge is -2.14. The van der Waals surface area contributed by atoms with Crippen molar-refractivity contribution in [1.29, 1.82) is 0 Å². The van der Waals surface area contributed by atoms with E-state index in [4.69, 9.17) is 0 Å². The molecule has 3 rings (SSSR count). The molecule has 9 heteroatoms. The summed E-state index contributed by atoms with van der Waals surface area (Å²) < 4.78 is 41.9. The van der Waals surface area contributed by atoms with Crippen LogP contribution in [0, 0.1) is 19.7 Å². The van der Waals surface area contributed by atoms with Crippen molar-refractivity contribution in [2.24, 2.45) is 0 Å². The zero-order chi connectivity index (χ0) is 20.6. The molecule has 3 aromatic rings. The number of rotatable bonds is 6. The standard InChI is InChI=1S/C20H25FN4O2S.ClH/c1-6-18-19(28(26,27)16-9-7-8-15(21)12-16)20-22-13(2)17(10-11-24(4)5)14(3)25(20)23-18;/h7-9,12H,6,10-11H2,1-5H3;1H. The van der Waals surface area contributed by atoms with Crippen LogP contribution in [0.25, 0.3) is 5.65 Å². The van der Waals surface area contributed by atoms with E-state index < -0.39 is 15.7 Å². The summed E-state index contributed by atoms with van der Waals surface area (Å²) in [5, 5.41) is 4.54. The van der Waals surface area contributed by atoms with Crippen LogP contribution in [0.3, 0.4) is 0 Å². The Morgan fingerprint density at radius 3 is 2.48 bits per heavy atom.